The standard InChI is InChI=1S/C12H14ClN3O/c1-2-14-11(17)7-8-16-10-6-4-3-5-9(10)12(13)15-16/h3-6H,2,7-8H2,1H3,(H,14,17). The van der Waals surface area contributed by atoms with Crippen LogP contribution < -0.4 is 5.32 Å². The van der Waals surface area contributed by atoms with Crippen molar-refractivity contribution in [2.75, 3.05) is 6.54 Å². The molecule has 0 unspecified atom stereocenters. The molecule has 1 aromatic heterocycles. The monoisotopic (exact) mass is 251 g/mol. The molecule has 4 nitrogen and oxygen atoms in total. The molecular weight excluding hydrogens is 238 g/mol. The molecule has 0 aliphatic carbocycles. The van der Waals surface area contributed by atoms with Gasteiger partial charge in [-0.15, -0.1) is 0 Å². The molecule has 0 aliphatic rings. The molecule has 1 N–H and O–H groups in total. The molecule has 1 amide bonds. The lowest BCUT2D eigenvalue weighted by Crippen LogP contribution is -2.23. The highest BCUT2D eigenvalue weighted by atomic mass is 35.5. The summed E-state index contributed by atoms with van der Waals surface area (Å²) in [6.07, 6.45) is 0.413. The molecule has 0 bridgehead atoms. The summed E-state index contributed by atoms with van der Waals surface area (Å²) in [5.41, 5.74) is 0.960. The zero-order valence-electron chi connectivity index (χ0n) is 9.61. The van der Waals surface area contributed by atoms with E-state index in [4.69, 9.17) is 11.6 Å². The summed E-state index contributed by atoms with van der Waals surface area (Å²) in [6.45, 7) is 3.09. The van der Waals surface area contributed by atoms with Crippen LogP contribution in [0.1, 0.15) is 13.3 Å². The first-order valence-electron chi connectivity index (χ1n) is 5.60. The normalized spacial score (nSPS) is 10.7. The molecule has 0 saturated carbocycles. The van der Waals surface area contributed by atoms with E-state index in [1.54, 1.807) is 4.68 Å². The molecule has 0 spiro atoms. The number of aryl methyl sites for hydroxylation is 1. The molecule has 1 aromatic carbocycles. The van der Waals surface area contributed by atoms with Gasteiger partial charge in [0.25, 0.3) is 0 Å². The number of nitrogens with zero attached hydrogens (tertiary/aromatic N) is 2. The number of rotatable bonds is 4. The van der Waals surface area contributed by atoms with Crippen LogP contribution in [0, 0.1) is 0 Å². The molecule has 0 radical (unpaired) electrons. The van der Waals surface area contributed by atoms with Crippen LogP contribution in [0.15, 0.2) is 24.3 Å². The average molecular weight is 252 g/mol. The van der Waals surface area contributed by atoms with Crippen LogP contribution in [0.3, 0.4) is 0 Å². The maximum absolute atomic E-state index is 11.4. The molecule has 1 heterocycles. The number of hydrogen-bond donors (Lipinski definition) is 1. The minimum atomic E-state index is 0.0307. The molecule has 2 rings (SSSR count). The SMILES string of the molecule is CCNC(=O)CCn1nc(Cl)c2ccccc21. The van der Waals surface area contributed by atoms with E-state index in [0.717, 1.165) is 10.9 Å². The minimum absolute atomic E-state index is 0.0307. The molecule has 2 aromatic rings. The zero-order chi connectivity index (χ0) is 12.3. The molecule has 0 atom stereocenters. The summed E-state index contributed by atoms with van der Waals surface area (Å²) < 4.78 is 1.77. The van der Waals surface area contributed by atoms with Crippen molar-refractivity contribution in [2.24, 2.45) is 0 Å². The summed E-state index contributed by atoms with van der Waals surface area (Å²) >= 11 is 6.02. The average Bonchev–Trinajstić information content (AvgIpc) is 2.65. The van der Waals surface area contributed by atoms with Crippen LogP contribution in [0.25, 0.3) is 10.9 Å². The highest BCUT2D eigenvalue weighted by Crippen LogP contribution is 2.22. The van der Waals surface area contributed by atoms with Gasteiger partial charge in [-0.2, -0.15) is 5.10 Å². The van der Waals surface area contributed by atoms with Crippen LogP contribution in [0.2, 0.25) is 5.15 Å². The Bertz CT molecular complexity index is 536. The van der Waals surface area contributed by atoms with Crippen molar-refractivity contribution in [2.45, 2.75) is 19.9 Å². The first-order chi connectivity index (χ1) is 8.22. The van der Waals surface area contributed by atoms with E-state index >= 15 is 0 Å². The van der Waals surface area contributed by atoms with Gasteiger partial charge in [-0.3, -0.25) is 9.48 Å². The summed E-state index contributed by atoms with van der Waals surface area (Å²) in [7, 11) is 0. The Morgan fingerprint density at radius 3 is 3.00 bits per heavy atom. The Morgan fingerprint density at radius 2 is 2.24 bits per heavy atom. The number of carbonyl (C=O) groups excluding carboxylic acids is 1. The quantitative estimate of drug-likeness (QED) is 0.906. The van der Waals surface area contributed by atoms with Gasteiger partial charge in [0.2, 0.25) is 5.91 Å². The summed E-state index contributed by atoms with van der Waals surface area (Å²) in [4.78, 5) is 11.4. The number of carbonyl (C=O) groups is 1. The van der Waals surface area contributed by atoms with Gasteiger partial charge in [-0.05, 0) is 19.1 Å². The van der Waals surface area contributed by atoms with E-state index in [2.05, 4.69) is 10.4 Å². The minimum Gasteiger partial charge on any atom is -0.356 e. The fourth-order valence-corrected chi connectivity index (χ4v) is 2.00. The maximum atomic E-state index is 11.4. The fourth-order valence-electron chi connectivity index (χ4n) is 1.75. The van der Waals surface area contributed by atoms with E-state index in [9.17, 15) is 4.79 Å². The fraction of sp³-hybridized carbons (Fsp3) is 0.333. The van der Waals surface area contributed by atoms with Gasteiger partial charge in [-0.25, -0.2) is 0 Å². The number of fused-ring (bicyclic) bond motifs is 1. The number of benzene rings is 1. The highest BCUT2D eigenvalue weighted by molar-refractivity contribution is 6.34. The van der Waals surface area contributed by atoms with E-state index in [1.807, 2.05) is 31.2 Å². The number of hydrogen-bond acceptors (Lipinski definition) is 2. The van der Waals surface area contributed by atoms with Crippen molar-refractivity contribution in [1.82, 2.24) is 15.1 Å². The topological polar surface area (TPSA) is 46.9 Å². The van der Waals surface area contributed by atoms with Crippen LogP contribution in [-0.4, -0.2) is 22.2 Å². The number of nitrogens with one attached hydrogen (secondary N) is 1. The lowest BCUT2D eigenvalue weighted by Gasteiger charge is -2.03. The number of amides is 1. The van der Waals surface area contributed by atoms with Gasteiger partial charge in [0.1, 0.15) is 0 Å². The molecule has 0 saturated heterocycles. The van der Waals surface area contributed by atoms with E-state index in [0.29, 0.717) is 24.7 Å². The predicted octanol–water partition coefficient (Wildman–Crippen LogP) is 2.22. The van der Waals surface area contributed by atoms with Gasteiger partial charge in [0.05, 0.1) is 12.1 Å². The maximum Gasteiger partial charge on any atom is 0.221 e. The largest absolute Gasteiger partial charge is 0.356 e. The van der Waals surface area contributed by atoms with Crippen LogP contribution >= 0.6 is 11.6 Å². The van der Waals surface area contributed by atoms with Crippen LogP contribution in [0.5, 0.6) is 0 Å². The van der Waals surface area contributed by atoms with Gasteiger partial charge in [0.15, 0.2) is 5.15 Å². The molecule has 0 fully saturated rings. The first-order valence-corrected chi connectivity index (χ1v) is 5.98. The van der Waals surface area contributed by atoms with Gasteiger partial charge >= 0.3 is 0 Å². The Hall–Kier alpha value is -1.55. The Labute approximate surface area is 105 Å². The van der Waals surface area contributed by atoms with Gasteiger partial charge in [-0.1, -0.05) is 23.7 Å². The summed E-state index contributed by atoms with van der Waals surface area (Å²) in [6, 6.07) is 7.73. The third-order valence-corrected chi connectivity index (χ3v) is 2.82. The predicted molar refractivity (Wildman–Crippen MR) is 68.0 cm³/mol. The molecule has 17 heavy (non-hydrogen) atoms. The Balaban J connectivity index is 2.16. The Morgan fingerprint density at radius 1 is 1.47 bits per heavy atom. The van der Waals surface area contributed by atoms with Crippen molar-refractivity contribution in [1.29, 1.82) is 0 Å². The van der Waals surface area contributed by atoms with Crippen LogP contribution in [0.4, 0.5) is 0 Å². The Kier molecular flexibility index (Phi) is 3.64. The van der Waals surface area contributed by atoms with Crippen molar-refractivity contribution in [3.8, 4) is 0 Å². The van der Waals surface area contributed by atoms with Crippen molar-refractivity contribution in [3.05, 3.63) is 29.4 Å². The van der Waals surface area contributed by atoms with Crippen molar-refractivity contribution in [3.63, 3.8) is 0 Å². The third-order valence-electron chi connectivity index (χ3n) is 2.54. The lowest BCUT2D eigenvalue weighted by atomic mass is 10.2. The van der Waals surface area contributed by atoms with Crippen molar-refractivity contribution >= 4 is 28.4 Å². The number of halogens is 1. The van der Waals surface area contributed by atoms with E-state index in [-0.39, 0.29) is 5.91 Å². The summed E-state index contributed by atoms with van der Waals surface area (Å²) in [5.74, 6) is 0.0307. The third kappa shape index (κ3) is 2.58. The van der Waals surface area contributed by atoms with Crippen molar-refractivity contribution < 1.29 is 4.79 Å². The molecular formula is C12H14ClN3O. The first kappa shape index (κ1) is 11.9. The second-order valence-corrected chi connectivity index (χ2v) is 4.09. The summed E-state index contributed by atoms with van der Waals surface area (Å²) in [5, 5.41) is 8.39. The van der Waals surface area contributed by atoms with E-state index < -0.39 is 0 Å². The number of aromatic nitrogens is 2. The smallest absolute Gasteiger partial charge is 0.221 e. The highest BCUT2D eigenvalue weighted by Gasteiger charge is 2.08. The number of para-hydroxylation sites is 1. The van der Waals surface area contributed by atoms with Crippen LogP contribution in [-0.2, 0) is 11.3 Å². The second-order valence-electron chi connectivity index (χ2n) is 3.73. The van der Waals surface area contributed by atoms with E-state index in [1.165, 1.54) is 0 Å². The molecule has 5 heteroatoms. The second kappa shape index (κ2) is 5.19. The van der Waals surface area contributed by atoms with Gasteiger partial charge in [0, 0.05) is 18.4 Å². The zero-order valence-corrected chi connectivity index (χ0v) is 10.4. The molecule has 90 valence electrons. The van der Waals surface area contributed by atoms with Gasteiger partial charge < -0.3 is 5.32 Å². The molecule has 0 aliphatic heterocycles. The lowest BCUT2D eigenvalue weighted by molar-refractivity contribution is -0.121.